The van der Waals surface area contributed by atoms with Crippen LogP contribution in [0.2, 0.25) is 5.02 Å². The molecule has 0 saturated heterocycles. The van der Waals surface area contributed by atoms with Gasteiger partial charge in [0.1, 0.15) is 5.69 Å². The van der Waals surface area contributed by atoms with Crippen molar-refractivity contribution in [1.29, 1.82) is 0 Å². The molecule has 1 amide bonds. The molecule has 0 fully saturated rings. The quantitative estimate of drug-likeness (QED) is 0.924. The van der Waals surface area contributed by atoms with Crippen LogP contribution in [0.4, 0.5) is 0 Å². The van der Waals surface area contributed by atoms with E-state index in [4.69, 9.17) is 11.6 Å². The largest absolute Gasteiger partial charge is 0.334 e. The highest BCUT2D eigenvalue weighted by atomic mass is 79.9. The summed E-state index contributed by atoms with van der Waals surface area (Å²) in [5.41, 5.74) is 1.09. The molecule has 0 aliphatic rings. The van der Waals surface area contributed by atoms with E-state index >= 15 is 0 Å². The van der Waals surface area contributed by atoms with Crippen LogP contribution in [-0.4, -0.2) is 37.8 Å². The van der Waals surface area contributed by atoms with E-state index in [9.17, 15) is 4.79 Å². The van der Waals surface area contributed by atoms with Gasteiger partial charge in [0.05, 0.1) is 27.9 Å². The van der Waals surface area contributed by atoms with Crippen LogP contribution in [0, 0.1) is 0 Å². The smallest absolute Gasteiger partial charge is 0.273 e. The minimum Gasteiger partial charge on any atom is -0.334 e. The SMILES string of the molecule is CCn1cc(Br)c(CN(C)C(=O)c2[nH]ncc2Cl)n1. The van der Waals surface area contributed by atoms with Gasteiger partial charge in [-0.3, -0.25) is 14.6 Å². The van der Waals surface area contributed by atoms with Gasteiger partial charge in [-0.25, -0.2) is 0 Å². The average molecular weight is 347 g/mol. The van der Waals surface area contributed by atoms with Gasteiger partial charge in [0.2, 0.25) is 0 Å². The van der Waals surface area contributed by atoms with E-state index in [2.05, 4.69) is 31.2 Å². The summed E-state index contributed by atoms with van der Waals surface area (Å²) in [5.74, 6) is -0.222. The predicted molar refractivity (Wildman–Crippen MR) is 75.0 cm³/mol. The van der Waals surface area contributed by atoms with Crippen LogP contribution in [0.15, 0.2) is 16.9 Å². The summed E-state index contributed by atoms with van der Waals surface area (Å²) >= 11 is 9.30. The maximum Gasteiger partial charge on any atom is 0.273 e. The lowest BCUT2D eigenvalue weighted by molar-refractivity contribution is 0.0777. The lowest BCUT2D eigenvalue weighted by Gasteiger charge is -2.15. The fourth-order valence-corrected chi connectivity index (χ4v) is 2.23. The highest BCUT2D eigenvalue weighted by molar-refractivity contribution is 9.10. The Bertz CT molecular complexity index is 594. The second-order valence-corrected chi connectivity index (χ2v) is 5.30. The Kier molecular flexibility index (Phi) is 4.26. The fraction of sp³-hybridized carbons (Fsp3) is 0.364. The van der Waals surface area contributed by atoms with Crippen LogP contribution in [0.25, 0.3) is 0 Å². The van der Waals surface area contributed by atoms with Crippen LogP contribution in [0.1, 0.15) is 23.1 Å². The lowest BCUT2D eigenvalue weighted by Crippen LogP contribution is -2.27. The van der Waals surface area contributed by atoms with Gasteiger partial charge in [-0.1, -0.05) is 11.6 Å². The third kappa shape index (κ3) is 2.98. The maximum absolute atomic E-state index is 12.1. The van der Waals surface area contributed by atoms with Gasteiger partial charge in [0.25, 0.3) is 5.91 Å². The molecule has 6 nitrogen and oxygen atoms in total. The van der Waals surface area contributed by atoms with E-state index in [1.807, 2.05) is 13.1 Å². The molecule has 2 aromatic heterocycles. The number of aromatic amines is 1. The molecule has 0 radical (unpaired) electrons. The Morgan fingerprint density at radius 3 is 2.89 bits per heavy atom. The van der Waals surface area contributed by atoms with E-state index in [0.717, 1.165) is 16.7 Å². The molecular formula is C11H13BrClN5O. The van der Waals surface area contributed by atoms with Crippen LogP contribution in [0.3, 0.4) is 0 Å². The Hall–Kier alpha value is -1.34. The summed E-state index contributed by atoms with van der Waals surface area (Å²) in [6.45, 7) is 3.17. The highest BCUT2D eigenvalue weighted by Gasteiger charge is 2.19. The van der Waals surface area contributed by atoms with Crippen LogP contribution < -0.4 is 0 Å². The highest BCUT2D eigenvalue weighted by Crippen LogP contribution is 2.18. The first-order valence-corrected chi connectivity index (χ1v) is 6.86. The standard InChI is InChI=1S/C11H13BrClN5O/c1-3-18-5-7(12)9(16-18)6-17(2)11(19)10-8(13)4-14-15-10/h4-5H,3,6H2,1-2H3,(H,14,15). The van der Waals surface area contributed by atoms with Gasteiger partial charge in [-0.05, 0) is 22.9 Å². The number of hydrogen-bond donors (Lipinski definition) is 1. The Balaban J connectivity index is 2.12. The molecule has 2 aromatic rings. The van der Waals surface area contributed by atoms with Crippen molar-refractivity contribution in [2.75, 3.05) is 7.05 Å². The van der Waals surface area contributed by atoms with Crippen molar-refractivity contribution < 1.29 is 4.79 Å². The third-order valence-corrected chi connectivity index (χ3v) is 3.60. The van der Waals surface area contributed by atoms with Crippen molar-refractivity contribution >= 4 is 33.4 Å². The van der Waals surface area contributed by atoms with Gasteiger partial charge < -0.3 is 4.90 Å². The Morgan fingerprint density at radius 1 is 1.63 bits per heavy atom. The summed E-state index contributed by atoms with van der Waals surface area (Å²) < 4.78 is 2.69. The van der Waals surface area contributed by atoms with Crippen LogP contribution in [0.5, 0.6) is 0 Å². The maximum atomic E-state index is 12.1. The summed E-state index contributed by atoms with van der Waals surface area (Å²) in [5, 5.41) is 11.0. The molecule has 1 N–H and O–H groups in total. The molecule has 0 unspecified atom stereocenters. The van der Waals surface area contributed by atoms with E-state index in [0.29, 0.717) is 11.6 Å². The molecular weight excluding hydrogens is 334 g/mol. The number of halogens is 2. The Morgan fingerprint density at radius 2 is 2.37 bits per heavy atom. The van der Waals surface area contributed by atoms with Gasteiger partial charge in [0, 0.05) is 19.8 Å². The molecule has 0 aromatic carbocycles. The molecule has 0 aliphatic heterocycles. The van der Waals surface area contributed by atoms with Crippen LogP contribution >= 0.6 is 27.5 Å². The molecule has 0 spiro atoms. The van der Waals surface area contributed by atoms with Crippen molar-refractivity contribution in [3.05, 3.63) is 33.3 Å². The van der Waals surface area contributed by atoms with Gasteiger partial charge >= 0.3 is 0 Å². The molecule has 19 heavy (non-hydrogen) atoms. The Labute approximate surface area is 123 Å². The average Bonchev–Trinajstić information content (AvgIpc) is 2.95. The first kappa shape index (κ1) is 14.1. The number of H-pyrrole nitrogens is 1. The summed E-state index contributed by atoms with van der Waals surface area (Å²) in [4.78, 5) is 13.7. The minimum absolute atomic E-state index is 0.222. The number of nitrogens with zero attached hydrogens (tertiary/aromatic N) is 4. The van der Waals surface area contributed by atoms with Crippen molar-refractivity contribution in [2.45, 2.75) is 20.0 Å². The van der Waals surface area contributed by atoms with Gasteiger partial charge in [0.15, 0.2) is 0 Å². The normalized spacial score (nSPS) is 10.7. The first-order chi connectivity index (χ1) is 9.02. The number of nitrogens with one attached hydrogen (secondary N) is 1. The third-order valence-electron chi connectivity index (χ3n) is 2.65. The van der Waals surface area contributed by atoms with E-state index in [1.165, 1.54) is 11.1 Å². The summed E-state index contributed by atoms with van der Waals surface area (Å²) in [6, 6.07) is 0. The molecule has 0 bridgehead atoms. The molecule has 8 heteroatoms. The monoisotopic (exact) mass is 345 g/mol. The molecule has 0 atom stereocenters. The van der Waals surface area contributed by atoms with Gasteiger partial charge in [-0.15, -0.1) is 0 Å². The first-order valence-electron chi connectivity index (χ1n) is 5.69. The number of aryl methyl sites for hydroxylation is 1. The molecule has 2 rings (SSSR count). The van der Waals surface area contributed by atoms with E-state index in [-0.39, 0.29) is 11.6 Å². The summed E-state index contributed by atoms with van der Waals surface area (Å²) in [6.07, 6.45) is 3.29. The zero-order chi connectivity index (χ0) is 14.0. The van der Waals surface area contributed by atoms with E-state index < -0.39 is 0 Å². The minimum atomic E-state index is -0.222. The van der Waals surface area contributed by atoms with Crippen molar-refractivity contribution in [2.24, 2.45) is 0 Å². The second kappa shape index (κ2) is 5.75. The molecule has 2 heterocycles. The second-order valence-electron chi connectivity index (χ2n) is 4.03. The number of carbonyl (C=O) groups is 1. The van der Waals surface area contributed by atoms with Gasteiger partial charge in [-0.2, -0.15) is 10.2 Å². The number of carbonyl (C=O) groups excluding carboxylic acids is 1. The number of hydrogen-bond acceptors (Lipinski definition) is 3. The lowest BCUT2D eigenvalue weighted by atomic mass is 10.3. The topological polar surface area (TPSA) is 66.8 Å². The zero-order valence-electron chi connectivity index (χ0n) is 10.5. The van der Waals surface area contributed by atoms with Crippen molar-refractivity contribution in [3.63, 3.8) is 0 Å². The van der Waals surface area contributed by atoms with Crippen molar-refractivity contribution in [1.82, 2.24) is 24.9 Å². The number of amides is 1. The van der Waals surface area contributed by atoms with E-state index in [1.54, 1.807) is 11.7 Å². The number of aromatic nitrogens is 4. The fourth-order valence-electron chi connectivity index (χ4n) is 1.61. The predicted octanol–water partition coefficient (Wildman–Crippen LogP) is 2.31. The summed E-state index contributed by atoms with van der Waals surface area (Å²) in [7, 11) is 1.69. The molecule has 0 saturated carbocycles. The van der Waals surface area contributed by atoms with Crippen molar-refractivity contribution in [3.8, 4) is 0 Å². The molecule has 0 aliphatic carbocycles. The number of rotatable bonds is 4. The zero-order valence-corrected chi connectivity index (χ0v) is 12.9. The van der Waals surface area contributed by atoms with Crippen LogP contribution in [-0.2, 0) is 13.1 Å². The molecule has 102 valence electrons.